The fourth-order valence-electron chi connectivity index (χ4n) is 4.45. The number of aliphatic hydroxyl groups is 1. The second kappa shape index (κ2) is 10.3. The third-order valence-electron chi connectivity index (χ3n) is 6.60. The summed E-state index contributed by atoms with van der Waals surface area (Å²) >= 11 is 4.29. The SMILES string of the molecule is C[C@@](O)(c1ccc(N2CCN(S(=O)(=O)c3ccccc3S)C[C@@H]2Cc2cccc(F)c2)cc1)C(F)(F)F. The third-order valence-corrected chi connectivity index (χ3v) is 9.07. The molecule has 1 fully saturated rings. The van der Waals surface area contributed by atoms with Crippen molar-refractivity contribution in [3.8, 4) is 0 Å². The number of sulfonamides is 1. The summed E-state index contributed by atoms with van der Waals surface area (Å²) in [5.74, 6) is -0.424. The van der Waals surface area contributed by atoms with E-state index in [1.807, 2.05) is 4.90 Å². The molecule has 1 saturated heterocycles. The van der Waals surface area contributed by atoms with Gasteiger partial charge in [-0.3, -0.25) is 0 Å². The van der Waals surface area contributed by atoms with Gasteiger partial charge in [0.25, 0.3) is 0 Å². The van der Waals surface area contributed by atoms with Gasteiger partial charge in [-0.2, -0.15) is 17.5 Å². The Balaban J connectivity index is 1.66. The lowest BCUT2D eigenvalue weighted by atomic mass is 9.94. The minimum Gasteiger partial charge on any atom is -0.376 e. The topological polar surface area (TPSA) is 60.9 Å². The zero-order valence-electron chi connectivity index (χ0n) is 19.9. The third kappa shape index (κ3) is 5.64. The second-order valence-electron chi connectivity index (χ2n) is 9.13. The summed E-state index contributed by atoms with van der Waals surface area (Å²) in [4.78, 5) is 2.30. The van der Waals surface area contributed by atoms with Crippen LogP contribution in [0.3, 0.4) is 0 Å². The Hall–Kier alpha value is -2.60. The van der Waals surface area contributed by atoms with Crippen LogP contribution in [-0.4, -0.2) is 49.7 Å². The van der Waals surface area contributed by atoms with Gasteiger partial charge >= 0.3 is 6.18 Å². The molecule has 1 heterocycles. The molecule has 0 unspecified atom stereocenters. The van der Waals surface area contributed by atoms with Crippen LogP contribution in [0.4, 0.5) is 23.2 Å². The van der Waals surface area contributed by atoms with E-state index < -0.39 is 33.7 Å². The molecule has 0 saturated carbocycles. The van der Waals surface area contributed by atoms with Gasteiger partial charge in [-0.15, -0.1) is 12.6 Å². The predicted octanol–water partition coefficient (Wildman–Crippen LogP) is 5.01. The number of piperazine rings is 1. The molecule has 198 valence electrons. The van der Waals surface area contributed by atoms with Crippen molar-refractivity contribution < 1.29 is 31.1 Å². The first-order valence-corrected chi connectivity index (χ1v) is 13.4. The molecule has 0 bridgehead atoms. The number of rotatable bonds is 6. The number of hydrogen-bond acceptors (Lipinski definition) is 5. The van der Waals surface area contributed by atoms with Gasteiger partial charge in [-0.1, -0.05) is 36.4 Å². The fraction of sp³-hybridized carbons (Fsp3) is 0.308. The van der Waals surface area contributed by atoms with Crippen LogP contribution in [0.1, 0.15) is 18.1 Å². The highest BCUT2D eigenvalue weighted by atomic mass is 32.2. The molecule has 0 spiro atoms. The molecule has 1 N–H and O–H groups in total. The molecule has 0 radical (unpaired) electrons. The molecule has 2 atom stereocenters. The van der Waals surface area contributed by atoms with E-state index in [0.717, 1.165) is 0 Å². The summed E-state index contributed by atoms with van der Waals surface area (Å²) in [6.45, 7) is 1.15. The van der Waals surface area contributed by atoms with Crippen molar-refractivity contribution in [1.82, 2.24) is 4.31 Å². The first kappa shape index (κ1) is 27.4. The molecule has 1 aliphatic heterocycles. The summed E-state index contributed by atoms with van der Waals surface area (Å²) in [5, 5.41) is 10.00. The average Bonchev–Trinajstić information content (AvgIpc) is 2.83. The molecule has 3 aromatic rings. The Morgan fingerprint density at radius 1 is 1.00 bits per heavy atom. The molecule has 5 nitrogen and oxygen atoms in total. The summed E-state index contributed by atoms with van der Waals surface area (Å²) in [5.41, 5.74) is -2.10. The minimum absolute atomic E-state index is 0.0724. The normalized spacial score (nSPS) is 19.0. The van der Waals surface area contributed by atoms with Crippen LogP contribution in [0, 0.1) is 5.82 Å². The maximum absolute atomic E-state index is 13.9. The number of benzene rings is 3. The van der Waals surface area contributed by atoms with Crippen molar-refractivity contribution in [2.75, 3.05) is 24.5 Å². The molecule has 1 aliphatic rings. The summed E-state index contributed by atoms with van der Waals surface area (Å²) in [7, 11) is -3.88. The highest BCUT2D eigenvalue weighted by Crippen LogP contribution is 2.39. The lowest BCUT2D eigenvalue weighted by Crippen LogP contribution is -2.55. The largest absolute Gasteiger partial charge is 0.421 e. The lowest BCUT2D eigenvalue weighted by molar-refractivity contribution is -0.258. The number of anilines is 1. The van der Waals surface area contributed by atoms with Crippen LogP contribution in [0.5, 0.6) is 0 Å². The highest BCUT2D eigenvalue weighted by molar-refractivity contribution is 7.90. The van der Waals surface area contributed by atoms with E-state index in [0.29, 0.717) is 29.5 Å². The first-order valence-electron chi connectivity index (χ1n) is 11.5. The Morgan fingerprint density at radius 2 is 1.68 bits per heavy atom. The van der Waals surface area contributed by atoms with E-state index in [2.05, 4.69) is 12.6 Å². The summed E-state index contributed by atoms with van der Waals surface area (Å²) in [6, 6.07) is 17.3. The van der Waals surface area contributed by atoms with Gasteiger partial charge in [0.2, 0.25) is 10.0 Å². The van der Waals surface area contributed by atoms with Gasteiger partial charge in [-0.25, -0.2) is 12.8 Å². The number of hydrogen-bond donors (Lipinski definition) is 2. The lowest BCUT2D eigenvalue weighted by Gasteiger charge is -2.42. The molecule has 11 heteroatoms. The van der Waals surface area contributed by atoms with Crippen molar-refractivity contribution >= 4 is 28.3 Å². The Bertz CT molecular complexity index is 1360. The van der Waals surface area contributed by atoms with Crippen LogP contribution in [0.15, 0.2) is 82.6 Å². The van der Waals surface area contributed by atoms with Crippen molar-refractivity contribution in [1.29, 1.82) is 0 Å². The van der Waals surface area contributed by atoms with E-state index in [4.69, 9.17) is 0 Å². The van der Waals surface area contributed by atoms with Crippen LogP contribution < -0.4 is 4.90 Å². The van der Waals surface area contributed by atoms with Crippen molar-refractivity contribution in [3.05, 3.63) is 89.7 Å². The maximum Gasteiger partial charge on any atom is 0.421 e. The van der Waals surface area contributed by atoms with E-state index in [1.165, 1.54) is 46.8 Å². The van der Waals surface area contributed by atoms with Gasteiger partial charge < -0.3 is 10.0 Å². The van der Waals surface area contributed by atoms with Crippen LogP contribution >= 0.6 is 12.6 Å². The van der Waals surface area contributed by atoms with E-state index in [1.54, 1.807) is 30.3 Å². The number of thiol groups is 1. The standard InChI is InChI=1S/C26H26F4N2O3S2/c1-25(33,26(28,29)30)19-9-11-21(12-10-19)32-14-13-31(37(34,35)24-8-3-2-7-23(24)36)17-22(32)16-18-5-4-6-20(27)15-18/h2-12,15,22,33,36H,13-14,16-17H2,1H3/t22-,25+/m0/s1. The Kier molecular flexibility index (Phi) is 7.62. The monoisotopic (exact) mass is 554 g/mol. The van der Waals surface area contributed by atoms with E-state index in [-0.39, 0.29) is 30.1 Å². The number of nitrogens with zero attached hydrogens (tertiary/aromatic N) is 2. The van der Waals surface area contributed by atoms with Gasteiger partial charge in [-0.05, 0) is 60.9 Å². The zero-order valence-corrected chi connectivity index (χ0v) is 21.6. The van der Waals surface area contributed by atoms with Crippen molar-refractivity contribution in [3.63, 3.8) is 0 Å². The van der Waals surface area contributed by atoms with Gasteiger partial charge in [0.05, 0.1) is 4.90 Å². The van der Waals surface area contributed by atoms with Crippen LogP contribution in [-0.2, 0) is 22.0 Å². The van der Waals surface area contributed by atoms with Gasteiger partial charge in [0.15, 0.2) is 5.60 Å². The Labute approximate surface area is 218 Å². The Morgan fingerprint density at radius 3 is 2.30 bits per heavy atom. The van der Waals surface area contributed by atoms with E-state index >= 15 is 0 Å². The molecule has 0 aliphatic carbocycles. The van der Waals surface area contributed by atoms with Crippen molar-refractivity contribution in [2.45, 2.75) is 41.0 Å². The van der Waals surface area contributed by atoms with Gasteiger partial charge in [0, 0.05) is 36.3 Å². The average molecular weight is 555 g/mol. The molecule has 0 amide bonds. The maximum atomic E-state index is 13.9. The molecule has 4 rings (SSSR count). The number of alkyl halides is 3. The highest BCUT2D eigenvalue weighted by Gasteiger charge is 2.51. The van der Waals surface area contributed by atoms with Crippen LogP contribution in [0.25, 0.3) is 0 Å². The minimum atomic E-state index is -4.85. The number of halogens is 4. The molecule has 3 aromatic carbocycles. The zero-order chi connectivity index (χ0) is 27.0. The smallest absolute Gasteiger partial charge is 0.376 e. The molecular formula is C26H26F4N2O3S2. The molecule has 37 heavy (non-hydrogen) atoms. The summed E-state index contributed by atoms with van der Waals surface area (Å²) in [6.07, 6.45) is -4.55. The van der Waals surface area contributed by atoms with Gasteiger partial charge in [0.1, 0.15) is 5.82 Å². The second-order valence-corrected chi connectivity index (χ2v) is 11.5. The van der Waals surface area contributed by atoms with E-state index in [9.17, 15) is 31.1 Å². The molecule has 0 aromatic heterocycles. The predicted molar refractivity (Wildman–Crippen MR) is 136 cm³/mol. The summed E-state index contributed by atoms with van der Waals surface area (Å²) < 4.78 is 81.9. The first-order chi connectivity index (χ1) is 17.3. The fourth-order valence-corrected chi connectivity index (χ4v) is 6.51. The molecular weight excluding hydrogens is 528 g/mol. The van der Waals surface area contributed by atoms with Crippen LogP contribution in [0.2, 0.25) is 0 Å². The van der Waals surface area contributed by atoms with Crippen molar-refractivity contribution in [2.24, 2.45) is 0 Å². The quantitative estimate of drug-likeness (QED) is 0.333.